The van der Waals surface area contributed by atoms with Crippen molar-refractivity contribution in [3.05, 3.63) is 4.38 Å². The van der Waals surface area contributed by atoms with Crippen molar-refractivity contribution in [2.45, 2.75) is 0 Å². The van der Waals surface area contributed by atoms with E-state index in [1.807, 2.05) is 0 Å². The van der Waals surface area contributed by atoms with Gasteiger partial charge in [-0.3, -0.25) is 0 Å². The second-order valence-corrected chi connectivity index (χ2v) is 2.91. The lowest BCUT2D eigenvalue weighted by Crippen LogP contribution is -1.57. The standard InChI is InChI=1S/CN2S3/c2-3-6-1(4)5/p+1. The summed E-state index contributed by atoms with van der Waals surface area (Å²) in [6, 6.07) is 0. The average Bonchev–Trinajstić information content (AvgIpc) is 1.35. The Bertz CT molecular complexity index is 91.5. The van der Waals surface area contributed by atoms with E-state index in [9.17, 15) is 0 Å². The van der Waals surface area contributed by atoms with Gasteiger partial charge >= 0.3 is 11.9 Å². The maximum Gasteiger partial charge on any atom is 0.414 e. The predicted molar refractivity (Wildman–Crippen MR) is 34.3 cm³/mol. The Morgan fingerprint density at radius 2 is 2.50 bits per heavy atom. The van der Waals surface area contributed by atoms with Crippen LogP contribution in [0.1, 0.15) is 0 Å². The number of nitrogens with zero attached hydrogens (tertiary/aromatic N) is 2. The predicted octanol–water partition coefficient (Wildman–Crippen LogP) is 1.70. The van der Waals surface area contributed by atoms with E-state index in [-0.39, 0.29) is 0 Å². The van der Waals surface area contributed by atoms with Crippen molar-refractivity contribution in [1.82, 2.24) is 0 Å². The molecule has 0 heterocycles. The Hall–Kier alpha value is 0.210. The minimum absolute atomic E-state index is 0.317. The summed E-state index contributed by atoms with van der Waals surface area (Å²) in [4.78, 5) is 0. The van der Waals surface area contributed by atoms with Crippen LogP contribution in [0.2, 0.25) is 0 Å². The van der Waals surface area contributed by atoms with E-state index in [1.54, 1.807) is 0 Å². The fourth-order valence-corrected chi connectivity index (χ4v) is 0.314. The molecular formula is CHN2S3+. The Balaban J connectivity index is 3.13. The van der Waals surface area contributed by atoms with E-state index in [2.05, 4.69) is 29.2 Å². The Labute approximate surface area is 50.5 Å². The van der Waals surface area contributed by atoms with Gasteiger partial charge in [0.15, 0.2) is 3.53 Å². The Kier molecular flexibility index (Phi) is 3.52. The van der Waals surface area contributed by atoms with Crippen molar-refractivity contribution >= 4 is 40.3 Å². The molecule has 0 unspecified atom stereocenters. The number of hydrogen-bond acceptors (Lipinski definition) is 3. The molecule has 0 saturated heterocycles. The Morgan fingerprint density at radius 3 is 2.50 bits per heavy atom. The molecule has 32 valence electrons. The maximum absolute atomic E-state index is 7.69. The average molecular weight is 137 g/mol. The number of thiocarbonyl (C=S) groups is 1. The molecule has 0 spiro atoms. The molecule has 0 amide bonds. The first-order valence-corrected chi connectivity index (χ1v) is 2.64. The zero-order valence-corrected chi connectivity index (χ0v) is 5.19. The van der Waals surface area contributed by atoms with Gasteiger partial charge in [0.25, 0.3) is 0 Å². The van der Waals surface area contributed by atoms with Crippen LogP contribution in [-0.4, -0.2) is 3.53 Å². The van der Waals surface area contributed by atoms with Gasteiger partial charge in [-0.25, -0.2) is 0 Å². The third-order valence-corrected chi connectivity index (χ3v) is 0.825. The zero-order chi connectivity index (χ0) is 4.99. The highest BCUT2D eigenvalue weighted by Crippen LogP contribution is 2.06. The molecular weight excluding hydrogens is 136 g/mol. The highest BCUT2D eigenvalue weighted by atomic mass is 32.2. The van der Waals surface area contributed by atoms with Crippen molar-refractivity contribution in [3.8, 4) is 0 Å². The first kappa shape index (κ1) is 6.21. The topological polar surface area (TPSA) is 28.1 Å². The van der Waals surface area contributed by atoms with Crippen molar-refractivity contribution in [2.24, 2.45) is 0 Å². The molecule has 0 aromatic carbocycles. The third-order valence-electron chi connectivity index (χ3n) is 0.119. The maximum atomic E-state index is 7.69. The molecule has 0 aliphatic carbocycles. The van der Waals surface area contributed by atoms with Crippen molar-refractivity contribution in [1.29, 1.82) is 5.39 Å². The van der Waals surface area contributed by atoms with Gasteiger partial charge in [0.05, 0.1) is 0 Å². The summed E-state index contributed by atoms with van der Waals surface area (Å²) in [5, 5.41) is 7.69. The number of diazo groups is 1. The fourth-order valence-electron chi connectivity index (χ4n) is 0.0349. The van der Waals surface area contributed by atoms with Crippen LogP contribution in [-0.2, 0) is 0 Å². The molecule has 0 rings (SSSR count). The summed E-state index contributed by atoms with van der Waals surface area (Å²) in [7, 11) is 0. The molecule has 0 fully saturated rings. The van der Waals surface area contributed by atoms with Crippen LogP contribution >= 0.6 is 36.8 Å². The van der Waals surface area contributed by atoms with Crippen LogP contribution in [0.4, 0.5) is 0 Å². The first-order chi connectivity index (χ1) is 2.77. The SMILES string of the molecule is N#[N+]SC(=S)S. The lowest BCUT2D eigenvalue weighted by molar-refractivity contribution is 1.52. The lowest BCUT2D eigenvalue weighted by Gasteiger charge is -1.56. The second-order valence-electron chi connectivity index (χ2n) is 0.439. The van der Waals surface area contributed by atoms with E-state index >= 15 is 0 Å². The van der Waals surface area contributed by atoms with Crippen LogP contribution in [0, 0.1) is 5.39 Å². The first-order valence-electron chi connectivity index (χ1n) is 1.01. The van der Waals surface area contributed by atoms with Crippen molar-refractivity contribution in [3.63, 3.8) is 0 Å². The van der Waals surface area contributed by atoms with Crippen molar-refractivity contribution < 1.29 is 0 Å². The lowest BCUT2D eigenvalue weighted by atomic mass is 11.9. The number of thiol groups is 1. The highest BCUT2D eigenvalue weighted by Gasteiger charge is 1.99. The molecule has 0 aliphatic heterocycles. The molecule has 2 nitrogen and oxygen atoms in total. The molecule has 0 saturated carbocycles. The minimum atomic E-state index is 0.317. The third kappa shape index (κ3) is 4.21. The van der Waals surface area contributed by atoms with Crippen LogP contribution < -0.4 is 0 Å². The zero-order valence-electron chi connectivity index (χ0n) is 2.66. The van der Waals surface area contributed by atoms with E-state index < -0.39 is 0 Å². The fraction of sp³-hybridized carbons (Fsp3) is 0. The van der Waals surface area contributed by atoms with Gasteiger partial charge in [-0.1, -0.05) is 12.2 Å². The number of hydrogen-bond donors (Lipinski definition) is 1. The van der Waals surface area contributed by atoms with Crippen molar-refractivity contribution in [2.75, 3.05) is 0 Å². The summed E-state index contributed by atoms with van der Waals surface area (Å²) in [5.41, 5.74) is 0. The van der Waals surface area contributed by atoms with E-state index in [0.29, 0.717) is 3.53 Å². The molecule has 0 bridgehead atoms. The molecule has 0 N–H and O–H groups in total. The quantitative estimate of drug-likeness (QED) is 0.238. The van der Waals surface area contributed by atoms with Crippen LogP contribution in [0.15, 0.2) is 0 Å². The van der Waals surface area contributed by atoms with Gasteiger partial charge in [0.2, 0.25) is 9.77 Å². The largest absolute Gasteiger partial charge is 0.414 e. The van der Waals surface area contributed by atoms with Gasteiger partial charge < -0.3 is 0 Å². The van der Waals surface area contributed by atoms with Crippen LogP contribution in [0.5, 0.6) is 0 Å². The Morgan fingerprint density at radius 1 is 2.00 bits per heavy atom. The summed E-state index contributed by atoms with van der Waals surface area (Å²) < 4.78 is 2.95. The normalized spacial score (nSPS) is 6.67. The monoisotopic (exact) mass is 137 g/mol. The van der Waals surface area contributed by atoms with E-state index in [4.69, 9.17) is 5.39 Å². The molecule has 6 heavy (non-hydrogen) atoms. The highest BCUT2D eigenvalue weighted by molar-refractivity contribution is 8.42. The smallest absolute Gasteiger partial charge is 0.117 e. The van der Waals surface area contributed by atoms with E-state index in [0.717, 1.165) is 11.9 Å². The molecule has 0 aromatic heterocycles. The van der Waals surface area contributed by atoms with Gasteiger partial charge in [-0.2, -0.15) is 0 Å². The minimum Gasteiger partial charge on any atom is -0.117 e. The molecule has 0 atom stereocenters. The van der Waals surface area contributed by atoms with Crippen LogP contribution in [0.3, 0.4) is 0 Å². The van der Waals surface area contributed by atoms with E-state index in [1.165, 1.54) is 0 Å². The second kappa shape index (κ2) is 3.40. The molecule has 0 radical (unpaired) electrons. The van der Waals surface area contributed by atoms with Gasteiger partial charge in [0, 0.05) is 0 Å². The number of rotatable bonds is 0. The summed E-state index contributed by atoms with van der Waals surface area (Å²) >= 11 is 8.75. The van der Waals surface area contributed by atoms with Gasteiger partial charge in [-0.15, -0.1) is 12.6 Å². The molecule has 0 aromatic rings. The van der Waals surface area contributed by atoms with Gasteiger partial charge in [-0.05, 0) is 0 Å². The summed E-state index contributed by atoms with van der Waals surface area (Å²) in [5.74, 6) is 0. The van der Waals surface area contributed by atoms with Crippen LogP contribution in [0.25, 0.3) is 4.38 Å². The van der Waals surface area contributed by atoms with Gasteiger partial charge in [0.1, 0.15) is 0 Å². The molecule has 0 aliphatic rings. The summed E-state index contributed by atoms with van der Waals surface area (Å²) in [6.45, 7) is 0. The molecule has 5 heteroatoms. The summed E-state index contributed by atoms with van der Waals surface area (Å²) in [6.07, 6.45) is 0.